The molecule has 0 N–H and O–H groups in total. The monoisotopic (exact) mass is 139 g/mol. The first-order valence-electron chi connectivity index (χ1n) is 2.13. The van der Waals surface area contributed by atoms with Gasteiger partial charge in [0.2, 0.25) is 0 Å². The van der Waals surface area contributed by atoms with Gasteiger partial charge < -0.3 is 0 Å². The van der Waals surface area contributed by atoms with E-state index in [9.17, 15) is 5.11 Å². The van der Waals surface area contributed by atoms with Crippen LogP contribution in [-0.4, -0.2) is 24.0 Å². The highest BCUT2D eigenvalue weighted by atomic mass is 35.5. The molecule has 0 aromatic carbocycles. The van der Waals surface area contributed by atoms with E-state index >= 15 is 0 Å². The Morgan fingerprint density at radius 2 is 2.14 bits per heavy atom. The van der Waals surface area contributed by atoms with E-state index in [-0.39, 0.29) is 6.61 Å². The van der Waals surface area contributed by atoms with Crippen LogP contribution in [0.4, 0.5) is 0 Å². The molecule has 43 valence electrons. The van der Waals surface area contributed by atoms with Crippen molar-refractivity contribution in [2.75, 3.05) is 24.0 Å². The lowest BCUT2D eigenvalue weighted by Gasteiger charge is -1.88. The van der Waals surface area contributed by atoms with Crippen molar-refractivity contribution in [1.29, 1.82) is 0 Å². The molecule has 0 amide bonds. The van der Waals surface area contributed by atoms with Crippen LogP contribution < -0.4 is 0 Å². The lowest BCUT2D eigenvalue weighted by Crippen LogP contribution is -1.86. The van der Waals surface area contributed by atoms with Crippen molar-refractivity contribution in [1.82, 2.24) is 0 Å². The molecule has 0 atom stereocenters. The van der Waals surface area contributed by atoms with Gasteiger partial charge in [0.1, 0.15) is 0 Å². The second-order valence-electron chi connectivity index (χ2n) is 1.01. The van der Waals surface area contributed by atoms with Crippen LogP contribution in [0.3, 0.4) is 0 Å². The van der Waals surface area contributed by atoms with E-state index in [2.05, 4.69) is 0 Å². The van der Waals surface area contributed by atoms with Crippen molar-refractivity contribution >= 4 is 23.4 Å². The molecule has 0 aliphatic carbocycles. The van der Waals surface area contributed by atoms with E-state index in [4.69, 9.17) is 11.6 Å². The molecule has 0 aliphatic heterocycles. The standard InChI is InChI=1S/C4H8ClOS/c5-1-3-7-4-2-6/h1-4H2. The summed E-state index contributed by atoms with van der Waals surface area (Å²) in [6.45, 7) is 0.0154. The molecule has 1 radical (unpaired) electrons. The van der Waals surface area contributed by atoms with Crippen molar-refractivity contribution in [3.8, 4) is 0 Å². The summed E-state index contributed by atoms with van der Waals surface area (Å²) in [5.41, 5.74) is 0. The van der Waals surface area contributed by atoms with Crippen LogP contribution in [0.2, 0.25) is 0 Å². The van der Waals surface area contributed by atoms with Crippen LogP contribution in [0.1, 0.15) is 0 Å². The molecular formula is C4H8ClOS. The first-order valence-corrected chi connectivity index (χ1v) is 3.82. The first kappa shape index (κ1) is 7.60. The smallest absolute Gasteiger partial charge is 0.0912 e. The zero-order chi connectivity index (χ0) is 5.54. The average Bonchev–Trinajstić information content (AvgIpc) is 1.69. The molecule has 0 saturated carbocycles. The summed E-state index contributed by atoms with van der Waals surface area (Å²) in [5.74, 6) is 2.27. The van der Waals surface area contributed by atoms with Crippen LogP contribution in [0.15, 0.2) is 0 Å². The predicted molar refractivity (Wildman–Crippen MR) is 33.6 cm³/mol. The Labute approximate surface area is 53.1 Å². The highest BCUT2D eigenvalue weighted by Gasteiger charge is 1.82. The highest BCUT2D eigenvalue weighted by Crippen LogP contribution is 1.97. The third-order valence-electron chi connectivity index (χ3n) is 0.449. The Kier molecular flexibility index (Phi) is 7.17. The van der Waals surface area contributed by atoms with Crippen molar-refractivity contribution in [2.45, 2.75) is 0 Å². The van der Waals surface area contributed by atoms with E-state index in [1.165, 1.54) is 0 Å². The SMILES string of the molecule is [O]CCSCCCl. The van der Waals surface area contributed by atoms with Gasteiger partial charge in [-0.15, -0.1) is 11.6 Å². The van der Waals surface area contributed by atoms with E-state index in [1.54, 1.807) is 11.8 Å². The topological polar surface area (TPSA) is 19.9 Å². The summed E-state index contributed by atoms with van der Waals surface area (Å²) < 4.78 is 0. The Bertz CT molecular complexity index is 30.9. The molecule has 1 nitrogen and oxygen atoms in total. The minimum Gasteiger partial charge on any atom is -0.236 e. The van der Waals surface area contributed by atoms with Gasteiger partial charge in [-0.1, -0.05) is 0 Å². The molecule has 0 aromatic heterocycles. The maximum Gasteiger partial charge on any atom is 0.0912 e. The molecule has 3 heteroatoms. The molecule has 0 saturated heterocycles. The second kappa shape index (κ2) is 6.60. The van der Waals surface area contributed by atoms with E-state index in [1.807, 2.05) is 0 Å². The Morgan fingerprint density at radius 1 is 1.43 bits per heavy atom. The number of rotatable bonds is 4. The fourth-order valence-electron chi connectivity index (χ4n) is 0.216. The van der Waals surface area contributed by atoms with E-state index < -0.39 is 0 Å². The Balaban J connectivity index is 2.45. The average molecular weight is 140 g/mol. The van der Waals surface area contributed by atoms with Crippen molar-refractivity contribution < 1.29 is 5.11 Å². The number of thioether (sulfide) groups is 1. The quantitative estimate of drug-likeness (QED) is 0.426. The molecule has 7 heavy (non-hydrogen) atoms. The number of alkyl halides is 1. The molecule has 0 fully saturated rings. The minimum absolute atomic E-state index is 0.0154. The van der Waals surface area contributed by atoms with Crippen LogP contribution in [-0.2, 0) is 5.11 Å². The summed E-state index contributed by atoms with van der Waals surface area (Å²) in [6.07, 6.45) is 0. The zero-order valence-electron chi connectivity index (χ0n) is 4.02. The molecule has 0 rings (SSSR count). The fourth-order valence-corrected chi connectivity index (χ4v) is 0.974. The number of halogens is 1. The van der Waals surface area contributed by atoms with E-state index in [0.29, 0.717) is 11.6 Å². The van der Waals surface area contributed by atoms with Gasteiger partial charge in [-0.2, -0.15) is 11.8 Å². The van der Waals surface area contributed by atoms with Gasteiger partial charge >= 0.3 is 0 Å². The summed E-state index contributed by atoms with van der Waals surface area (Å²) in [5, 5.41) is 9.74. The van der Waals surface area contributed by atoms with Crippen LogP contribution in [0, 0.1) is 0 Å². The minimum atomic E-state index is 0.0154. The molecule has 0 aliphatic rings. The molecule has 0 bridgehead atoms. The lowest BCUT2D eigenvalue weighted by molar-refractivity contribution is 0.215. The molecule has 0 spiro atoms. The summed E-state index contributed by atoms with van der Waals surface area (Å²) in [6, 6.07) is 0. The van der Waals surface area contributed by atoms with Crippen molar-refractivity contribution in [3.63, 3.8) is 0 Å². The van der Waals surface area contributed by atoms with E-state index in [0.717, 1.165) is 5.75 Å². The maximum absolute atomic E-state index is 9.74. The van der Waals surface area contributed by atoms with Gasteiger partial charge in [0.15, 0.2) is 0 Å². The van der Waals surface area contributed by atoms with Gasteiger partial charge in [-0.05, 0) is 0 Å². The third-order valence-corrected chi connectivity index (χ3v) is 1.81. The highest BCUT2D eigenvalue weighted by molar-refractivity contribution is 7.99. The van der Waals surface area contributed by atoms with Crippen molar-refractivity contribution in [3.05, 3.63) is 0 Å². The first-order chi connectivity index (χ1) is 3.41. The number of hydrogen-bond donors (Lipinski definition) is 0. The fraction of sp³-hybridized carbons (Fsp3) is 1.00. The van der Waals surface area contributed by atoms with Gasteiger partial charge in [0, 0.05) is 17.4 Å². The van der Waals surface area contributed by atoms with Gasteiger partial charge in [-0.25, -0.2) is 5.11 Å². The van der Waals surface area contributed by atoms with Crippen LogP contribution in [0.25, 0.3) is 0 Å². The zero-order valence-corrected chi connectivity index (χ0v) is 5.60. The summed E-state index contributed by atoms with van der Waals surface area (Å²) in [7, 11) is 0. The largest absolute Gasteiger partial charge is 0.236 e. The third kappa shape index (κ3) is 6.60. The Hall–Kier alpha value is 0.600. The lowest BCUT2D eigenvalue weighted by atomic mass is 10.9. The summed E-state index contributed by atoms with van der Waals surface area (Å²) in [4.78, 5) is 0. The molecule has 0 heterocycles. The van der Waals surface area contributed by atoms with Gasteiger partial charge in [0.05, 0.1) is 6.61 Å². The Morgan fingerprint density at radius 3 is 2.57 bits per heavy atom. The molecule has 0 unspecified atom stereocenters. The van der Waals surface area contributed by atoms with Crippen LogP contribution >= 0.6 is 23.4 Å². The summed E-state index contributed by atoms with van der Waals surface area (Å²) >= 11 is 6.92. The molecule has 0 aromatic rings. The van der Waals surface area contributed by atoms with Gasteiger partial charge in [-0.3, -0.25) is 0 Å². The van der Waals surface area contributed by atoms with Crippen molar-refractivity contribution in [2.24, 2.45) is 0 Å². The van der Waals surface area contributed by atoms with Gasteiger partial charge in [0.25, 0.3) is 0 Å². The van der Waals surface area contributed by atoms with Crippen LogP contribution in [0.5, 0.6) is 0 Å². The normalized spacial score (nSPS) is 9.43. The number of hydrogen-bond acceptors (Lipinski definition) is 1. The second-order valence-corrected chi connectivity index (χ2v) is 2.61. The molecular weight excluding hydrogens is 132 g/mol. The predicted octanol–water partition coefficient (Wildman–Crippen LogP) is 1.39. The maximum atomic E-state index is 9.74.